The molecule has 0 bridgehead atoms. The first-order valence-corrected chi connectivity index (χ1v) is 19.8. The highest BCUT2D eigenvalue weighted by molar-refractivity contribution is 6.31. The molecule has 0 aliphatic rings. The van der Waals surface area contributed by atoms with Gasteiger partial charge in [-0.1, -0.05) is 129 Å². The number of benzene rings is 4. The minimum Gasteiger partial charge on any atom is -0.490 e. The second-order valence-corrected chi connectivity index (χ2v) is 13.5. The van der Waals surface area contributed by atoms with E-state index in [-0.39, 0.29) is 0 Å². The van der Waals surface area contributed by atoms with Gasteiger partial charge in [-0.2, -0.15) is 0 Å². The number of rotatable bonds is 26. The number of methoxy groups -OCH3 is 2. The quantitative estimate of drug-likeness (QED) is 0.0483. The number of hydrogen-bond acceptors (Lipinski definition) is 6. The van der Waals surface area contributed by atoms with Crippen molar-refractivity contribution in [3.05, 3.63) is 36.4 Å². The number of unbranched alkanes of at least 4 members (excludes halogenated alkanes) is 12. The molecule has 0 saturated heterocycles. The summed E-state index contributed by atoms with van der Waals surface area (Å²) in [6.07, 6.45) is 17.9. The van der Waals surface area contributed by atoms with Crippen molar-refractivity contribution in [3.8, 4) is 34.5 Å². The van der Waals surface area contributed by atoms with Gasteiger partial charge in [-0.25, -0.2) is 0 Å². The lowest BCUT2D eigenvalue weighted by Gasteiger charge is -2.25. The Kier molecular flexibility index (Phi) is 17.0. The SMILES string of the molecule is CCCCCCOc1ccc2c3ccccc3c3c(OCCCCCC)c(OC)c(OC)c(OCCCCCC)c3c2c1OCCCCCC. The fourth-order valence-corrected chi connectivity index (χ4v) is 6.85. The summed E-state index contributed by atoms with van der Waals surface area (Å²) in [4.78, 5) is 0. The van der Waals surface area contributed by atoms with Crippen LogP contribution in [0.3, 0.4) is 0 Å². The third-order valence-electron chi connectivity index (χ3n) is 9.58. The fraction of sp³-hybridized carbons (Fsp3) is 0.591. The maximum Gasteiger partial charge on any atom is 0.207 e. The van der Waals surface area contributed by atoms with E-state index in [4.69, 9.17) is 28.4 Å². The largest absolute Gasteiger partial charge is 0.490 e. The monoisotopic (exact) mass is 688 g/mol. The van der Waals surface area contributed by atoms with Crippen LogP contribution in [-0.4, -0.2) is 40.6 Å². The Morgan fingerprint density at radius 2 is 0.760 bits per heavy atom. The van der Waals surface area contributed by atoms with E-state index in [1.807, 2.05) is 0 Å². The molecular weight excluding hydrogens is 624 g/mol. The molecule has 0 saturated carbocycles. The Hall–Kier alpha value is -3.54. The molecular formula is C44H64O6. The van der Waals surface area contributed by atoms with Crippen molar-refractivity contribution in [3.63, 3.8) is 0 Å². The van der Waals surface area contributed by atoms with E-state index in [0.29, 0.717) is 49.4 Å². The summed E-state index contributed by atoms with van der Waals surface area (Å²) in [7, 11) is 3.38. The van der Waals surface area contributed by atoms with Crippen molar-refractivity contribution < 1.29 is 28.4 Å². The molecule has 0 radical (unpaired) electrons. The van der Waals surface area contributed by atoms with Gasteiger partial charge in [0.25, 0.3) is 0 Å². The van der Waals surface area contributed by atoms with Gasteiger partial charge in [-0.05, 0) is 54.0 Å². The van der Waals surface area contributed by atoms with Crippen molar-refractivity contribution in [2.45, 2.75) is 130 Å². The summed E-state index contributed by atoms with van der Waals surface area (Å²) < 4.78 is 39.4. The predicted molar refractivity (Wildman–Crippen MR) is 211 cm³/mol. The van der Waals surface area contributed by atoms with Crippen LogP contribution in [0.15, 0.2) is 36.4 Å². The van der Waals surface area contributed by atoms with Crippen molar-refractivity contribution in [1.82, 2.24) is 0 Å². The normalized spacial score (nSPS) is 11.4. The predicted octanol–water partition coefficient (Wildman–Crippen LogP) is 13.0. The molecule has 0 aliphatic heterocycles. The van der Waals surface area contributed by atoms with Gasteiger partial charge in [0.2, 0.25) is 11.5 Å². The molecule has 0 amide bonds. The Labute approximate surface area is 302 Å². The Morgan fingerprint density at radius 3 is 1.24 bits per heavy atom. The second kappa shape index (κ2) is 21.6. The van der Waals surface area contributed by atoms with Crippen molar-refractivity contribution in [2.24, 2.45) is 0 Å². The molecule has 6 nitrogen and oxygen atoms in total. The minimum absolute atomic E-state index is 0.551. The molecule has 4 rings (SSSR count). The van der Waals surface area contributed by atoms with Gasteiger partial charge in [0.15, 0.2) is 23.0 Å². The second-order valence-electron chi connectivity index (χ2n) is 13.5. The summed E-state index contributed by atoms with van der Waals surface area (Å²) in [6.45, 7) is 11.3. The van der Waals surface area contributed by atoms with E-state index in [9.17, 15) is 0 Å². The Morgan fingerprint density at radius 1 is 0.360 bits per heavy atom. The van der Waals surface area contributed by atoms with Crippen LogP contribution in [-0.2, 0) is 0 Å². The number of hydrogen-bond donors (Lipinski definition) is 0. The standard InChI is InChI=1S/C44H64O6/c1-7-11-15-21-29-47-36-28-27-35-33-25-19-20-26-34(33)38-39(37(35)40(36)48-30-22-16-12-8-2)42(50-32-24-18-14-10-4)44(46-6)43(45-5)41(38)49-31-23-17-13-9-3/h19-20,25-28H,7-18,21-24,29-32H2,1-6H3. The van der Waals surface area contributed by atoms with E-state index in [1.165, 1.54) is 51.4 Å². The first kappa shape index (κ1) is 39.2. The van der Waals surface area contributed by atoms with E-state index in [1.54, 1.807) is 14.2 Å². The first-order valence-electron chi connectivity index (χ1n) is 19.8. The van der Waals surface area contributed by atoms with Gasteiger partial charge in [-0.3, -0.25) is 0 Å². The van der Waals surface area contributed by atoms with Crippen LogP contribution in [0.2, 0.25) is 0 Å². The fourth-order valence-electron chi connectivity index (χ4n) is 6.85. The third-order valence-corrected chi connectivity index (χ3v) is 9.58. The molecule has 276 valence electrons. The third kappa shape index (κ3) is 9.82. The molecule has 0 atom stereocenters. The molecule has 0 aromatic heterocycles. The first-order chi connectivity index (χ1) is 24.7. The van der Waals surface area contributed by atoms with Gasteiger partial charge in [0.1, 0.15) is 0 Å². The molecule has 0 aliphatic carbocycles. The van der Waals surface area contributed by atoms with Crippen LogP contribution in [0.1, 0.15) is 130 Å². The molecule has 4 aromatic rings. The zero-order valence-corrected chi connectivity index (χ0v) is 32.1. The van der Waals surface area contributed by atoms with Crippen LogP contribution < -0.4 is 28.4 Å². The van der Waals surface area contributed by atoms with Gasteiger partial charge >= 0.3 is 0 Å². The molecule has 50 heavy (non-hydrogen) atoms. The van der Waals surface area contributed by atoms with Crippen LogP contribution in [0.5, 0.6) is 34.5 Å². The van der Waals surface area contributed by atoms with Gasteiger partial charge in [0.05, 0.1) is 40.6 Å². The van der Waals surface area contributed by atoms with Crippen LogP contribution in [0.25, 0.3) is 32.3 Å². The molecule has 0 spiro atoms. The summed E-state index contributed by atoms with van der Waals surface area (Å²) in [6, 6.07) is 12.9. The highest BCUT2D eigenvalue weighted by Crippen LogP contribution is 2.57. The molecule has 0 unspecified atom stereocenters. The smallest absolute Gasteiger partial charge is 0.207 e. The van der Waals surface area contributed by atoms with Crippen molar-refractivity contribution >= 4 is 32.3 Å². The Balaban J connectivity index is 2.05. The van der Waals surface area contributed by atoms with Crippen LogP contribution in [0, 0.1) is 0 Å². The maximum atomic E-state index is 6.85. The minimum atomic E-state index is 0.551. The lowest BCUT2D eigenvalue weighted by molar-refractivity contribution is 0.260. The van der Waals surface area contributed by atoms with Crippen LogP contribution >= 0.6 is 0 Å². The Bertz CT molecular complexity index is 1600. The maximum absolute atomic E-state index is 6.85. The van der Waals surface area contributed by atoms with E-state index in [0.717, 1.165) is 95.2 Å². The van der Waals surface area contributed by atoms with Gasteiger partial charge < -0.3 is 28.4 Å². The lowest BCUT2D eigenvalue weighted by Crippen LogP contribution is -2.07. The summed E-state index contributed by atoms with van der Waals surface area (Å²) in [5, 5.41) is 6.15. The zero-order chi connectivity index (χ0) is 35.6. The van der Waals surface area contributed by atoms with E-state index in [2.05, 4.69) is 64.1 Å². The molecule has 6 heteroatoms. The molecule has 0 heterocycles. The molecule has 0 N–H and O–H groups in total. The average Bonchev–Trinajstić information content (AvgIpc) is 3.14. The zero-order valence-electron chi connectivity index (χ0n) is 32.1. The van der Waals surface area contributed by atoms with Crippen molar-refractivity contribution in [2.75, 3.05) is 40.6 Å². The highest BCUT2D eigenvalue weighted by Gasteiger charge is 2.29. The lowest BCUT2D eigenvalue weighted by atomic mass is 9.91. The van der Waals surface area contributed by atoms with Gasteiger partial charge in [-0.15, -0.1) is 0 Å². The average molecular weight is 689 g/mol. The topological polar surface area (TPSA) is 55.4 Å². The highest BCUT2D eigenvalue weighted by atomic mass is 16.5. The van der Waals surface area contributed by atoms with E-state index < -0.39 is 0 Å². The van der Waals surface area contributed by atoms with Crippen LogP contribution in [0.4, 0.5) is 0 Å². The summed E-state index contributed by atoms with van der Waals surface area (Å²) in [5.74, 6) is 4.01. The number of fused-ring (bicyclic) bond motifs is 6. The number of ether oxygens (including phenoxy) is 6. The molecule has 0 fully saturated rings. The molecule has 4 aromatic carbocycles. The summed E-state index contributed by atoms with van der Waals surface area (Å²) in [5.41, 5.74) is 0. The van der Waals surface area contributed by atoms with E-state index >= 15 is 0 Å². The van der Waals surface area contributed by atoms with Gasteiger partial charge in [0, 0.05) is 16.2 Å². The summed E-state index contributed by atoms with van der Waals surface area (Å²) >= 11 is 0. The van der Waals surface area contributed by atoms with Crippen molar-refractivity contribution in [1.29, 1.82) is 0 Å².